The Labute approximate surface area is 131 Å². The van der Waals surface area contributed by atoms with Crippen molar-refractivity contribution in [2.45, 2.75) is 38.6 Å². The molecule has 2 heterocycles. The second-order valence-electron chi connectivity index (χ2n) is 6.69. The van der Waals surface area contributed by atoms with E-state index in [1.54, 1.807) is 6.20 Å². The number of carbonyl (C=O) groups is 1. The Kier molecular flexibility index (Phi) is 4.78. The molecule has 2 N–H and O–H groups in total. The van der Waals surface area contributed by atoms with Gasteiger partial charge in [-0.25, -0.2) is 4.68 Å². The number of aromatic nitrogens is 2. The smallest absolute Gasteiger partial charge is 0.239 e. The largest absolute Gasteiger partial charge is 0.396 e. The van der Waals surface area contributed by atoms with Gasteiger partial charge in [0.15, 0.2) is 0 Å². The van der Waals surface area contributed by atoms with Gasteiger partial charge in [-0.05, 0) is 57.5 Å². The van der Waals surface area contributed by atoms with Gasteiger partial charge in [0.1, 0.15) is 5.82 Å². The Bertz CT molecular complexity index is 504. The first-order valence-corrected chi connectivity index (χ1v) is 8.34. The highest BCUT2D eigenvalue weighted by molar-refractivity contribution is 5.91. The summed E-state index contributed by atoms with van der Waals surface area (Å²) >= 11 is 0. The lowest BCUT2D eigenvalue weighted by molar-refractivity contribution is -0.117. The zero-order chi connectivity index (χ0) is 15.5. The molecule has 3 rings (SSSR count). The van der Waals surface area contributed by atoms with Gasteiger partial charge >= 0.3 is 0 Å². The summed E-state index contributed by atoms with van der Waals surface area (Å²) in [6.45, 7) is 4.62. The lowest BCUT2D eigenvalue weighted by atomic mass is 9.98. The van der Waals surface area contributed by atoms with Crippen LogP contribution in [-0.2, 0) is 4.79 Å². The van der Waals surface area contributed by atoms with Crippen molar-refractivity contribution in [1.82, 2.24) is 14.7 Å². The Hall–Kier alpha value is -1.40. The summed E-state index contributed by atoms with van der Waals surface area (Å²) in [5, 5.41) is 16.5. The summed E-state index contributed by atoms with van der Waals surface area (Å²) in [4.78, 5) is 14.4. The number of amides is 1. The lowest BCUT2D eigenvalue weighted by Crippen LogP contribution is -2.40. The molecule has 0 spiro atoms. The fraction of sp³-hybridized carbons (Fsp3) is 0.750. The molecule has 0 bridgehead atoms. The molecule has 2 fully saturated rings. The van der Waals surface area contributed by atoms with Gasteiger partial charge in [-0.2, -0.15) is 5.10 Å². The van der Waals surface area contributed by atoms with E-state index in [0.29, 0.717) is 24.4 Å². The third-order valence-corrected chi connectivity index (χ3v) is 4.96. The summed E-state index contributed by atoms with van der Waals surface area (Å²) < 4.78 is 1.94. The zero-order valence-electron chi connectivity index (χ0n) is 13.2. The first-order valence-electron chi connectivity index (χ1n) is 8.34. The maximum absolute atomic E-state index is 12.2. The maximum Gasteiger partial charge on any atom is 0.239 e. The van der Waals surface area contributed by atoms with E-state index in [4.69, 9.17) is 5.11 Å². The standard InChI is InChI=1S/C16H26N4O2/c1-12(14-2-3-14)20-15(4-7-17-20)18-16(22)10-19-8-5-13(11-21)6-9-19/h4,7,12-14,21H,2-3,5-6,8-11H2,1H3,(H,18,22). The molecule has 122 valence electrons. The van der Waals surface area contributed by atoms with E-state index in [0.717, 1.165) is 31.7 Å². The van der Waals surface area contributed by atoms with Crippen LogP contribution in [0.1, 0.15) is 38.6 Å². The third-order valence-electron chi connectivity index (χ3n) is 4.96. The molecule has 6 nitrogen and oxygen atoms in total. The van der Waals surface area contributed by atoms with Crippen LogP contribution < -0.4 is 5.32 Å². The Morgan fingerprint density at radius 3 is 2.77 bits per heavy atom. The molecule has 1 aliphatic heterocycles. The van der Waals surface area contributed by atoms with Gasteiger partial charge in [0, 0.05) is 12.7 Å². The molecule has 6 heteroatoms. The van der Waals surface area contributed by atoms with E-state index in [2.05, 4.69) is 22.2 Å². The number of aliphatic hydroxyl groups is 1. The average molecular weight is 306 g/mol. The predicted octanol–water partition coefficient (Wildman–Crippen LogP) is 1.50. The number of aliphatic hydroxyl groups excluding tert-OH is 1. The highest BCUT2D eigenvalue weighted by Gasteiger charge is 2.31. The minimum Gasteiger partial charge on any atom is -0.396 e. The van der Waals surface area contributed by atoms with Crippen molar-refractivity contribution < 1.29 is 9.90 Å². The van der Waals surface area contributed by atoms with E-state index in [9.17, 15) is 4.79 Å². The SMILES string of the molecule is CC(C1CC1)n1nccc1NC(=O)CN1CCC(CO)CC1. The van der Waals surface area contributed by atoms with E-state index < -0.39 is 0 Å². The quantitative estimate of drug-likeness (QED) is 0.835. The minimum atomic E-state index is 0.0206. The van der Waals surface area contributed by atoms with Crippen LogP contribution in [0.25, 0.3) is 0 Å². The third kappa shape index (κ3) is 3.67. The van der Waals surface area contributed by atoms with Gasteiger partial charge in [-0.3, -0.25) is 9.69 Å². The number of piperidine rings is 1. The number of hydrogen-bond donors (Lipinski definition) is 2. The van der Waals surface area contributed by atoms with Crippen LogP contribution in [0.2, 0.25) is 0 Å². The molecule has 1 atom stereocenters. The number of anilines is 1. The molecule has 22 heavy (non-hydrogen) atoms. The van der Waals surface area contributed by atoms with Crippen LogP contribution in [0.5, 0.6) is 0 Å². The van der Waals surface area contributed by atoms with Gasteiger partial charge in [0.25, 0.3) is 0 Å². The fourth-order valence-corrected chi connectivity index (χ4v) is 3.23. The molecule has 2 aliphatic rings. The van der Waals surface area contributed by atoms with Crippen LogP contribution in [0.15, 0.2) is 12.3 Å². The molecule has 1 unspecified atom stereocenters. The Balaban J connectivity index is 1.51. The average Bonchev–Trinajstić information content (AvgIpc) is 3.28. The summed E-state index contributed by atoms with van der Waals surface area (Å²) in [5.41, 5.74) is 0. The predicted molar refractivity (Wildman–Crippen MR) is 84.5 cm³/mol. The molecular weight excluding hydrogens is 280 g/mol. The molecule has 1 saturated heterocycles. The highest BCUT2D eigenvalue weighted by Crippen LogP contribution is 2.40. The first-order chi connectivity index (χ1) is 10.7. The molecule has 1 saturated carbocycles. The van der Waals surface area contributed by atoms with Gasteiger partial charge in [-0.15, -0.1) is 0 Å². The summed E-state index contributed by atoms with van der Waals surface area (Å²) in [5.74, 6) is 1.93. The molecule has 0 aromatic carbocycles. The number of hydrogen-bond acceptors (Lipinski definition) is 4. The number of carbonyl (C=O) groups excluding carboxylic acids is 1. The molecule has 1 aromatic rings. The molecule has 1 aromatic heterocycles. The van der Waals surface area contributed by atoms with Gasteiger partial charge in [0.2, 0.25) is 5.91 Å². The molecule has 0 radical (unpaired) electrons. The Morgan fingerprint density at radius 2 is 2.14 bits per heavy atom. The van der Waals surface area contributed by atoms with Gasteiger partial charge in [-0.1, -0.05) is 0 Å². The number of likely N-dealkylation sites (tertiary alicyclic amines) is 1. The zero-order valence-corrected chi connectivity index (χ0v) is 13.2. The van der Waals surface area contributed by atoms with Crippen molar-refractivity contribution in [3.63, 3.8) is 0 Å². The summed E-state index contributed by atoms with van der Waals surface area (Å²) in [7, 11) is 0. The van der Waals surface area contributed by atoms with Crippen molar-refractivity contribution >= 4 is 11.7 Å². The monoisotopic (exact) mass is 306 g/mol. The van der Waals surface area contributed by atoms with Crippen LogP contribution in [0.4, 0.5) is 5.82 Å². The summed E-state index contributed by atoms with van der Waals surface area (Å²) in [6.07, 6.45) is 6.21. The molecule has 1 amide bonds. The van der Waals surface area contributed by atoms with E-state index >= 15 is 0 Å². The van der Waals surface area contributed by atoms with Crippen LogP contribution in [-0.4, -0.2) is 51.9 Å². The number of nitrogens with zero attached hydrogens (tertiary/aromatic N) is 3. The number of rotatable bonds is 6. The highest BCUT2D eigenvalue weighted by atomic mass is 16.3. The topological polar surface area (TPSA) is 70.4 Å². The molecule has 1 aliphatic carbocycles. The molecular formula is C16H26N4O2. The van der Waals surface area contributed by atoms with Crippen LogP contribution in [0.3, 0.4) is 0 Å². The van der Waals surface area contributed by atoms with Crippen molar-refractivity contribution in [1.29, 1.82) is 0 Å². The number of nitrogens with one attached hydrogen (secondary N) is 1. The van der Waals surface area contributed by atoms with E-state index in [-0.39, 0.29) is 12.5 Å². The first kappa shape index (κ1) is 15.5. The lowest BCUT2D eigenvalue weighted by Gasteiger charge is -2.30. The van der Waals surface area contributed by atoms with Crippen molar-refractivity contribution in [3.05, 3.63) is 12.3 Å². The van der Waals surface area contributed by atoms with Gasteiger partial charge < -0.3 is 10.4 Å². The van der Waals surface area contributed by atoms with Gasteiger partial charge in [0.05, 0.1) is 18.8 Å². The van der Waals surface area contributed by atoms with Crippen LogP contribution in [0, 0.1) is 11.8 Å². The normalized spacial score (nSPS) is 21.7. The van der Waals surface area contributed by atoms with E-state index in [1.165, 1.54) is 12.8 Å². The van der Waals surface area contributed by atoms with Crippen molar-refractivity contribution in [2.24, 2.45) is 11.8 Å². The second kappa shape index (κ2) is 6.79. The van der Waals surface area contributed by atoms with E-state index in [1.807, 2.05) is 10.7 Å². The van der Waals surface area contributed by atoms with Crippen molar-refractivity contribution in [3.8, 4) is 0 Å². The van der Waals surface area contributed by atoms with Crippen molar-refractivity contribution in [2.75, 3.05) is 31.6 Å². The minimum absolute atomic E-state index is 0.0206. The fourth-order valence-electron chi connectivity index (χ4n) is 3.23. The second-order valence-corrected chi connectivity index (χ2v) is 6.69. The maximum atomic E-state index is 12.2. The Morgan fingerprint density at radius 1 is 1.41 bits per heavy atom. The van der Waals surface area contributed by atoms with Crippen LogP contribution >= 0.6 is 0 Å². The summed E-state index contributed by atoms with van der Waals surface area (Å²) in [6, 6.07) is 2.22.